The number of carbonyl (C=O) groups excluding carboxylic acids is 4. The Morgan fingerprint density at radius 3 is 2.38 bits per heavy atom. The number of pyridine rings is 2. The molecule has 1 atom stereocenters. The van der Waals surface area contributed by atoms with E-state index in [4.69, 9.17) is 0 Å². The largest absolute Gasteiger partial charge is 0.374 e. The number of aromatic nitrogens is 3. The molecule has 17 nitrogen and oxygen atoms in total. The second-order valence-electron chi connectivity index (χ2n) is 15.8. The minimum atomic E-state index is -4.04. The van der Waals surface area contributed by atoms with Crippen molar-refractivity contribution < 1.29 is 40.8 Å². The summed E-state index contributed by atoms with van der Waals surface area (Å²) in [5.74, 6) is -1.98. The van der Waals surface area contributed by atoms with Crippen molar-refractivity contribution in [1.82, 2.24) is 34.4 Å². The van der Waals surface area contributed by atoms with Crippen LogP contribution in [0.15, 0.2) is 79.3 Å². The molecular weight excluding hydrogens is 856 g/mol. The summed E-state index contributed by atoms with van der Waals surface area (Å²) in [5.41, 5.74) is 2.09. The molecular formula is C43H46F3N11O6S. The minimum Gasteiger partial charge on any atom is -0.374 e. The SMILES string of the molecule is CCN(C)S(=O)(=O)Nc1cccc(C(=O)c2c[nH]c3ncc(-c4ccc(N5CCN(C(=O)CN6CCN(c7ccc(NC8CCC(=O)NC8=O)cc7)C(F)(F)C6)CC5)nc4)cc23)c1F. The lowest BCUT2D eigenvalue weighted by Gasteiger charge is -2.43. The molecule has 3 aromatic heterocycles. The van der Waals surface area contributed by atoms with Crippen LogP contribution in [0.5, 0.6) is 0 Å². The summed E-state index contributed by atoms with van der Waals surface area (Å²) in [5, 5.41) is 5.76. The lowest BCUT2D eigenvalue weighted by molar-refractivity contribution is -0.135. The third kappa shape index (κ3) is 9.22. The summed E-state index contributed by atoms with van der Waals surface area (Å²) in [4.78, 5) is 68.8. The van der Waals surface area contributed by atoms with Crippen LogP contribution in [-0.2, 0) is 24.6 Å². The van der Waals surface area contributed by atoms with E-state index < -0.39 is 46.4 Å². The average molecular weight is 902 g/mol. The van der Waals surface area contributed by atoms with Crippen molar-refractivity contribution >= 4 is 67.6 Å². The highest BCUT2D eigenvalue weighted by molar-refractivity contribution is 7.90. The maximum atomic E-state index is 15.6. The molecule has 3 saturated heterocycles. The Morgan fingerprint density at radius 2 is 1.69 bits per heavy atom. The van der Waals surface area contributed by atoms with Crippen molar-refractivity contribution in [2.45, 2.75) is 31.9 Å². The molecule has 8 rings (SSSR count). The molecule has 0 saturated carbocycles. The van der Waals surface area contributed by atoms with Gasteiger partial charge in [-0.1, -0.05) is 13.0 Å². The number of aromatic amines is 1. The zero-order chi connectivity index (χ0) is 45.3. The zero-order valence-corrected chi connectivity index (χ0v) is 35.8. The first kappa shape index (κ1) is 44.0. The first-order chi connectivity index (χ1) is 30.6. The smallest absolute Gasteiger partial charge is 0.338 e. The number of anilines is 4. The molecule has 3 aliphatic heterocycles. The van der Waals surface area contributed by atoms with Gasteiger partial charge in [-0.2, -0.15) is 21.5 Å². The maximum absolute atomic E-state index is 15.6. The summed E-state index contributed by atoms with van der Waals surface area (Å²) in [7, 11) is -2.69. The number of hydrogen-bond donors (Lipinski definition) is 4. The van der Waals surface area contributed by atoms with E-state index in [1.54, 1.807) is 54.5 Å². The molecule has 3 aliphatic rings. The fourth-order valence-electron chi connectivity index (χ4n) is 7.95. The van der Waals surface area contributed by atoms with Crippen LogP contribution >= 0.6 is 0 Å². The summed E-state index contributed by atoms with van der Waals surface area (Å²) in [6, 6.07) is 11.9. The number of fused-ring (bicyclic) bond motifs is 1. The summed E-state index contributed by atoms with van der Waals surface area (Å²) in [6.07, 6.45) is 5.27. The van der Waals surface area contributed by atoms with Gasteiger partial charge in [0.2, 0.25) is 17.7 Å². The van der Waals surface area contributed by atoms with Crippen molar-refractivity contribution in [2.24, 2.45) is 0 Å². The molecule has 0 radical (unpaired) electrons. The number of nitrogens with one attached hydrogen (secondary N) is 4. The number of carbonyl (C=O) groups is 4. The van der Waals surface area contributed by atoms with Crippen LogP contribution < -0.4 is 25.2 Å². The molecule has 64 heavy (non-hydrogen) atoms. The summed E-state index contributed by atoms with van der Waals surface area (Å²) in [6.45, 7) is 3.02. The number of halogens is 3. The second-order valence-corrected chi connectivity index (χ2v) is 17.6. The number of alkyl halides is 2. The molecule has 0 spiro atoms. The van der Waals surface area contributed by atoms with Gasteiger partial charge in [0.05, 0.1) is 24.3 Å². The van der Waals surface area contributed by atoms with E-state index in [2.05, 4.69) is 30.3 Å². The van der Waals surface area contributed by atoms with Crippen molar-refractivity contribution in [3.63, 3.8) is 0 Å². The van der Waals surface area contributed by atoms with Gasteiger partial charge < -0.3 is 25.0 Å². The van der Waals surface area contributed by atoms with Gasteiger partial charge in [-0.3, -0.25) is 34.1 Å². The van der Waals surface area contributed by atoms with Crippen LogP contribution in [0.4, 0.5) is 36.1 Å². The van der Waals surface area contributed by atoms with Crippen molar-refractivity contribution in [2.75, 3.05) is 85.8 Å². The fourth-order valence-corrected chi connectivity index (χ4v) is 8.88. The number of imide groups is 1. The highest BCUT2D eigenvalue weighted by atomic mass is 32.2. The molecule has 6 heterocycles. The van der Waals surface area contributed by atoms with Crippen molar-refractivity contribution in [3.8, 4) is 11.1 Å². The van der Waals surface area contributed by atoms with Crippen LogP contribution in [0.3, 0.4) is 0 Å². The van der Waals surface area contributed by atoms with Gasteiger partial charge in [-0.05, 0) is 61.0 Å². The molecule has 4 N–H and O–H groups in total. The van der Waals surface area contributed by atoms with Gasteiger partial charge in [0.25, 0.3) is 0 Å². The maximum Gasteiger partial charge on any atom is 0.338 e. The van der Waals surface area contributed by atoms with E-state index in [9.17, 15) is 27.6 Å². The molecule has 3 fully saturated rings. The van der Waals surface area contributed by atoms with Gasteiger partial charge >= 0.3 is 16.3 Å². The van der Waals surface area contributed by atoms with Gasteiger partial charge in [0.1, 0.15) is 17.5 Å². The predicted octanol–water partition coefficient (Wildman–Crippen LogP) is 3.88. The summed E-state index contributed by atoms with van der Waals surface area (Å²) >= 11 is 0. The van der Waals surface area contributed by atoms with Crippen LogP contribution in [0.1, 0.15) is 35.7 Å². The molecule has 2 aromatic carbocycles. The molecule has 5 aromatic rings. The lowest BCUT2D eigenvalue weighted by atomic mass is 10.0. The Bertz CT molecular complexity index is 2690. The van der Waals surface area contributed by atoms with Gasteiger partial charge in [0.15, 0.2) is 11.6 Å². The third-order valence-electron chi connectivity index (χ3n) is 11.7. The van der Waals surface area contributed by atoms with E-state index in [-0.39, 0.29) is 61.2 Å². The van der Waals surface area contributed by atoms with E-state index in [0.29, 0.717) is 72.0 Å². The van der Waals surface area contributed by atoms with E-state index >= 15 is 13.2 Å². The Labute approximate surface area is 366 Å². The van der Waals surface area contributed by atoms with Crippen molar-refractivity contribution in [1.29, 1.82) is 0 Å². The topological polar surface area (TPSA) is 196 Å². The number of benzene rings is 2. The number of ketones is 1. The Balaban J connectivity index is 0.843. The van der Waals surface area contributed by atoms with E-state index in [1.165, 1.54) is 36.3 Å². The third-order valence-corrected chi connectivity index (χ3v) is 13.3. The zero-order valence-electron chi connectivity index (χ0n) is 35.0. The number of rotatable bonds is 13. The number of hydrogen-bond acceptors (Lipinski definition) is 12. The molecule has 3 amide bonds. The highest BCUT2D eigenvalue weighted by Gasteiger charge is 2.43. The Kier molecular flexibility index (Phi) is 12.3. The van der Waals surface area contributed by atoms with E-state index in [1.807, 2.05) is 17.0 Å². The van der Waals surface area contributed by atoms with E-state index in [0.717, 1.165) is 9.21 Å². The number of nitrogens with zero attached hydrogens (tertiary/aromatic N) is 7. The standard InChI is InChI=1S/C43H46F3N11O6S/c1-3-53(2)64(62,63)52-34-6-4-5-31(39(34)44)40(60)33-24-49-41-32(33)21-28(23-48-41)27-7-13-36(47-22-27)55-16-18-56(19-17-55)38(59)25-54-15-20-57(43(45,46)26-54)30-10-8-29(9-11-30)50-35-12-14-37(58)51-42(35)61/h4-11,13,21-24,35,50,52H,3,12,14-20,25-26H2,1-2H3,(H,48,49)(H,51,58,61). The quantitative estimate of drug-likeness (QED) is 0.0758. The Hall–Kier alpha value is -6.58. The first-order valence-electron chi connectivity index (χ1n) is 20.7. The number of H-pyrrole nitrogens is 1. The van der Waals surface area contributed by atoms with Gasteiger partial charge in [-0.25, -0.2) is 14.4 Å². The van der Waals surface area contributed by atoms with Crippen LogP contribution in [0.2, 0.25) is 0 Å². The Morgan fingerprint density at radius 1 is 0.938 bits per heavy atom. The predicted molar refractivity (Wildman–Crippen MR) is 234 cm³/mol. The number of amides is 3. The molecule has 0 bridgehead atoms. The average Bonchev–Trinajstić information content (AvgIpc) is 3.71. The normalized spacial score (nSPS) is 18.3. The fraction of sp³-hybridized carbons (Fsp3) is 0.349. The summed E-state index contributed by atoms with van der Waals surface area (Å²) < 4.78 is 74.9. The van der Waals surface area contributed by atoms with Gasteiger partial charge in [-0.15, -0.1) is 0 Å². The van der Waals surface area contributed by atoms with Crippen LogP contribution in [0.25, 0.3) is 22.2 Å². The second kappa shape index (κ2) is 17.9. The molecule has 336 valence electrons. The van der Waals surface area contributed by atoms with Crippen LogP contribution in [-0.4, -0.2) is 139 Å². The molecule has 1 unspecified atom stereocenters. The van der Waals surface area contributed by atoms with Gasteiger partial charge in [0, 0.05) is 111 Å². The first-order valence-corrected chi connectivity index (χ1v) is 22.2. The minimum absolute atomic E-state index is 0.00379. The number of piperidine rings is 1. The molecule has 0 aliphatic carbocycles. The number of piperazine rings is 2. The van der Waals surface area contributed by atoms with Crippen LogP contribution in [0, 0.1) is 5.82 Å². The monoisotopic (exact) mass is 901 g/mol. The highest BCUT2D eigenvalue weighted by Crippen LogP contribution is 2.33. The molecule has 21 heteroatoms. The lowest BCUT2D eigenvalue weighted by Crippen LogP contribution is -2.60. The van der Waals surface area contributed by atoms with Crippen molar-refractivity contribution in [3.05, 3.63) is 96.2 Å².